The van der Waals surface area contributed by atoms with Crippen molar-refractivity contribution in [2.24, 2.45) is 0 Å². The maximum absolute atomic E-state index is 13.7. The Morgan fingerprint density at radius 1 is 1.55 bits per heavy atom. The van der Waals surface area contributed by atoms with Crippen LogP contribution in [0.2, 0.25) is 5.02 Å². The minimum Gasteiger partial charge on any atom is -0.481 e. The highest BCUT2D eigenvalue weighted by molar-refractivity contribution is 7.11. The third kappa shape index (κ3) is 2.31. The summed E-state index contributed by atoms with van der Waals surface area (Å²) in [4.78, 5) is 16.5. The predicted octanol–water partition coefficient (Wildman–Crippen LogP) is 3.64. The first kappa shape index (κ1) is 13.5. The van der Waals surface area contributed by atoms with Gasteiger partial charge in [0.1, 0.15) is 11.7 Å². The topological polar surface area (TPSA) is 50.2 Å². The summed E-state index contributed by atoms with van der Waals surface area (Å²) in [6.45, 7) is 0. The number of thiazole rings is 1. The van der Waals surface area contributed by atoms with E-state index < -0.39 is 11.9 Å². The molecule has 3 nitrogen and oxygen atoms in total. The highest BCUT2D eigenvalue weighted by Crippen LogP contribution is 2.37. The molecule has 0 saturated heterocycles. The second-order valence-electron chi connectivity index (χ2n) is 4.72. The van der Waals surface area contributed by atoms with Crippen molar-refractivity contribution in [3.8, 4) is 0 Å². The van der Waals surface area contributed by atoms with Crippen molar-refractivity contribution in [2.45, 2.75) is 25.2 Å². The van der Waals surface area contributed by atoms with Gasteiger partial charge in [0.15, 0.2) is 0 Å². The summed E-state index contributed by atoms with van der Waals surface area (Å²) in [5, 5.41) is 10.2. The highest BCUT2D eigenvalue weighted by atomic mass is 35.5. The Hall–Kier alpha value is -1.46. The second-order valence-corrected chi connectivity index (χ2v) is 6.30. The van der Waals surface area contributed by atoms with E-state index in [-0.39, 0.29) is 5.82 Å². The smallest absolute Gasteiger partial charge is 0.312 e. The van der Waals surface area contributed by atoms with E-state index in [1.165, 1.54) is 17.4 Å². The highest BCUT2D eigenvalue weighted by Gasteiger charge is 2.32. The maximum atomic E-state index is 13.7. The average molecular weight is 312 g/mol. The molecule has 20 heavy (non-hydrogen) atoms. The molecule has 1 aromatic heterocycles. The summed E-state index contributed by atoms with van der Waals surface area (Å²) in [5.41, 5.74) is 1.05. The van der Waals surface area contributed by atoms with Gasteiger partial charge in [-0.25, -0.2) is 9.37 Å². The number of carboxylic acid groups (broad SMARTS) is 1. The van der Waals surface area contributed by atoms with Crippen LogP contribution in [0.1, 0.15) is 33.5 Å². The van der Waals surface area contributed by atoms with Gasteiger partial charge >= 0.3 is 5.97 Å². The molecule has 2 aromatic rings. The van der Waals surface area contributed by atoms with Crippen molar-refractivity contribution in [1.82, 2.24) is 4.98 Å². The van der Waals surface area contributed by atoms with Gasteiger partial charge < -0.3 is 5.11 Å². The minimum atomic E-state index is -0.843. The summed E-state index contributed by atoms with van der Waals surface area (Å²) in [6, 6.07) is 4.56. The minimum absolute atomic E-state index is 0.301. The van der Waals surface area contributed by atoms with Crippen LogP contribution in [0.25, 0.3) is 0 Å². The van der Waals surface area contributed by atoms with Gasteiger partial charge in [-0.05, 0) is 25.0 Å². The fourth-order valence-electron chi connectivity index (χ4n) is 2.45. The number of carboxylic acids is 1. The van der Waals surface area contributed by atoms with Crippen LogP contribution in [0.15, 0.2) is 18.2 Å². The van der Waals surface area contributed by atoms with E-state index in [1.807, 2.05) is 0 Å². The lowest BCUT2D eigenvalue weighted by molar-refractivity contribution is -0.138. The average Bonchev–Trinajstić information content (AvgIpc) is 2.92. The number of hydrogen-bond donors (Lipinski definition) is 1. The van der Waals surface area contributed by atoms with Crippen molar-refractivity contribution in [3.63, 3.8) is 0 Å². The summed E-state index contributed by atoms with van der Waals surface area (Å²) >= 11 is 7.45. The molecule has 1 heterocycles. The first-order valence-corrected chi connectivity index (χ1v) is 7.40. The number of halogens is 2. The molecule has 0 aliphatic heterocycles. The zero-order chi connectivity index (χ0) is 14.3. The summed E-state index contributed by atoms with van der Waals surface area (Å²) < 4.78 is 13.7. The third-order valence-corrected chi connectivity index (χ3v) is 4.93. The lowest BCUT2D eigenvalue weighted by Crippen LogP contribution is -2.08. The number of benzene rings is 1. The Morgan fingerprint density at radius 3 is 3.05 bits per heavy atom. The van der Waals surface area contributed by atoms with E-state index in [9.17, 15) is 9.18 Å². The van der Waals surface area contributed by atoms with Gasteiger partial charge in [0, 0.05) is 21.9 Å². The van der Waals surface area contributed by atoms with Crippen molar-refractivity contribution >= 4 is 28.9 Å². The molecule has 0 spiro atoms. The van der Waals surface area contributed by atoms with Crippen molar-refractivity contribution in [2.75, 3.05) is 0 Å². The molecular weight excluding hydrogens is 301 g/mol. The quantitative estimate of drug-likeness (QED) is 0.941. The van der Waals surface area contributed by atoms with Crippen molar-refractivity contribution in [3.05, 3.63) is 50.2 Å². The fourth-order valence-corrected chi connectivity index (χ4v) is 3.83. The molecular formula is C14H11ClFNO2S. The molecule has 1 aliphatic rings. The first-order valence-electron chi connectivity index (χ1n) is 6.20. The van der Waals surface area contributed by atoms with Crippen LogP contribution in [0.3, 0.4) is 0 Å². The third-order valence-electron chi connectivity index (χ3n) is 3.45. The molecule has 3 rings (SSSR count). The van der Waals surface area contributed by atoms with Crippen molar-refractivity contribution < 1.29 is 14.3 Å². The van der Waals surface area contributed by atoms with Gasteiger partial charge in [0.05, 0.1) is 10.7 Å². The Balaban J connectivity index is 1.91. The summed E-state index contributed by atoms with van der Waals surface area (Å²) in [5.74, 6) is -1.72. The Labute approximate surface area is 124 Å². The van der Waals surface area contributed by atoms with Gasteiger partial charge in [0.2, 0.25) is 0 Å². The first-order chi connectivity index (χ1) is 9.56. The van der Waals surface area contributed by atoms with E-state index in [0.717, 1.165) is 11.3 Å². The van der Waals surface area contributed by atoms with Crippen LogP contribution in [0.5, 0.6) is 0 Å². The largest absolute Gasteiger partial charge is 0.481 e. The van der Waals surface area contributed by atoms with Crippen LogP contribution in [0.4, 0.5) is 4.39 Å². The number of hydrogen-bond acceptors (Lipinski definition) is 3. The monoisotopic (exact) mass is 311 g/mol. The van der Waals surface area contributed by atoms with Gasteiger partial charge in [-0.15, -0.1) is 11.3 Å². The molecule has 1 aliphatic carbocycles. The van der Waals surface area contributed by atoms with E-state index in [2.05, 4.69) is 4.98 Å². The van der Waals surface area contributed by atoms with E-state index >= 15 is 0 Å². The van der Waals surface area contributed by atoms with Gasteiger partial charge in [-0.3, -0.25) is 4.79 Å². The molecule has 0 bridgehead atoms. The molecule has 0 amide bonds. The number of nitrogens with zero attached hydrogens (tertiary/aromatic N) is 1. The zero-order valence-electron chi connectivity index (χ0n) is 10.4. The Bertz CT molecular complexity index is 666. The lowest BCUT2D eigenvalue weighted by Gasteiger charge is -2.04. The van der Waals surface area contributed by atoms with Crippen LogP contribution in [0, 0.1) is 5.82 Å². The lowest BCUT2D eigenvalue weighted by atomic mass is 10.1. The zero-order valence-corrected chi connectivity index (χ0v) is 12.0. The molecule has 1 atom stereocenters. The van der Waals surface area contributed by atoms with Gasteiger partial charge in [-0.1, -0.05) is 17.7 Å². The predicted molar refractivity (Wildman–Crippen MR) is 75.0 cm³/mol. The molecule has 0 fully saturated rings. The standard InChI is InChI=1S/C14H11ClFNO2S/c15-9-2-1-3-10(16)8(9)6-12-17-13-7(14(18)19)4-5-11(13)20-12/h1-3,7H,4-6H2,(H,18,19). The van der Waals surface area contributed by atoms with Crippen molar-refractivity contribution in [1.29, 1.82) is 0 Å². The SMILES string of the molecule is O=C(O)C1CCc2sc(Cc3c(F)cccc3Cl)nc21. The number of aryl methyl sites for hydroxylation is 1. The van der Waals surface area contributed by atoms with Crippen LogP contribution in [-0.4, -0.2) is 16.1 Å². The second kappa shape index (κ2) is 5.14. The fraction of sp³-hybridized carbons (Fsp3) is 0.286. The molecule has 0 saturated carbocycles. The Morgan fingerprint density at radius 2 is 2.35 bits per heavy atom. The molecule has 104 valence electrons. The number of aliphatic carboxylic acids is 1. The number of rotatable bonds is 3. The van der Waals surface area contributed by atoms with E-state index in [1.54, 1.807) is 12.1 Å². The number of aromatic nitrogens is 1. The molecule has 1 N–H and O–H groups in total. The molecule has 6 heteroatoms. The molecule has 1 aromatic carbocycles. The van der Waals surface area contributed by atoms with Crippen LogP contribution < -0.4 is 0 Å². The maximum Gasteiger partial charge on any atom is 0.312 e. The van der Waals surface area contributed by atoms with E-state index in [0.29, 0.717) is 34.1 Å². The normalized spacial score (nSPS) is 17.2. The molecule has 0 radical (unpaired) electrons. The number of carbonyl (C=O) groups is 1. The Kier molecular flexibility index (Phi) is 3.48. The summed E-state index contributed by atoms with van der Waals surface area (Å²) in [6.07, 6.45) is 1.63. The van der Waals surface area contributed by atoms with E-state index in [4.69, 9.17) is 16.7 Å². The molecule has 1 unspecified atom stereocenters. The van der Waals surface area contributed by atoms with Gasteiger partial charge in [0.25, 0.3) is 0 Å². The van der Waals surface area contributed by atoms with Gasteiger partial charge in [-0.2, -0.15) is 0 Å². The van der Waals surface area contributed by atoms with Crippen LogP contribution >= 0.6 is 22.9 Å². The van der Waals surface area contributed by atoms with Crippen LogP contribution in [-0.2, 0) is 17.6 Å². The summed E-state index contributed by atoms with van der Waals surface area (Å²) in [7, 11) is 0. The number of fused-ring (bicyclic) bond motifs is 1.